The molecule has 1 N–H and O–H groups in total. The first kappa shape index (κ1) is 17.0. The monoisotopic (exact) mass is 346 g/mol. The fourth-order valence-corrected chi connectivity index (χ4v) is 3.46. The van der Waals surface area contributed by atoms with Gasteiger partial charge in [-0.15, -0.1) is 0 Å². The molecule has 0 spiro atoms. The number of hydrogen-bond acceptors (Lipinski definition) is 4. The van der Waals surface area contributed by atoms with Gasteiger partial charge in [-0.1, -0.05) is 41.9 Å². The molecule has 5 nitrogen and oxygen atoms in total. The van der Waals surface area contributed by atoms with Crippen LogP contribution in [0.3, 0.4) is 0 Å². The highest BCUT2D eigenvalue weighted by Crippen LogP contribution is 2.24. The quantitative estimate of drug-likeness (QED) is 0.924. The molecule has 1 aromatic heterocycles. The summed E-state index contributed by atoms with van der Waals surface area (Å²) in [5.74, 6) is 0. The molecule has 0 amide bonds. The van der Waals surface area contributed by atoms with Crippen molar-refractivity contribution in [2.24, 2.45) is 7.05 Å². The van der Waals surface area contributed by atoms with Gasteiger partial charge in [-0.2, -0.15) is 5.10 Å². The van der Waals surface area contributed by atoms with E-state index in [2.05, 4.69) is 46.5 Å². The van der Waals surface area contributed by atoms with E-state index >= 15 is 0 Å². The maximum Gasteiger partial charge on any atom is 0.287 e. The van der Waals surface area contributed by atoms with E-state index in [-0.39, 0.29) is 10.6 Å². The van der Waals surface area contributed by atoms with Crippen LogP contribution in [0, 0.1) is 0 Å². The number of aromatic nitrogens is 2. The van der Waals surface area contributed by atoms with Crippen molar-refractivity contribution in [3.05, 3.63) is 57.5 Å². The fraction of sp³-hybridized carbons (Fsp3) is 0.444. The molecule has 3 rings (SSSR count). The third-order valence-corrected chi connectivity index (χ3v) is 5.05. The first-order chi connectivity index (χ1) is 11.5. The topological polar surface area (TPSA) is 50.2 Å². The lowest BCUT2D eigenvalue weighted by atomic mass is 9.97. The fourth-order valence-electron chi connectivity index (χ4n) is 3.24. The zero-order chi connectivity index (χ0) is 17.1. The van der Waals surface area contributed by atoms with Crippen LogP contribution < -0.4 is 10.9 Å². The van der Waals surface area contributed by atoms with E-state index in [1.165, 1.54) is 10.2 Å². The first-order valence-corrected chi connectivity index (χ1v) is 8.68. The number of aryl methyl sites for hydroxylation is 1. The highest BCUT2D eigenvalue weighted by molar-refractivity contribution is 6.32. The number of rotatable bonds is 4. The first-order valence-electron chi connectivity index (χ1n) is 8.31. The highest BCUT2D eigenvalue weighted by atomic mass is 35.5. The van der Waals surface area contributed by atoms with E-state index < -0.39 is 0 Å². The number of hydrogen-bond donors (Lipinski definition) is 1. The number of nitrogens with zero attached hydrogens (tertiary/aromatic N) is 3. The molecule has 1 aromatic carbocycles. The molecular formula is C18H23ClN4O. The maximum atomic E-state index is 11.9. The van der Waals surface area contributed by atoms with Crippen LogP contribution in [-0.2, 0) is 13.6 Å². The number of benzene rings is 1. The molecule has 128 valence electrons. The average Bonchev–Trinajstić information content (AvgIpc) is 2.59. The van der Waals surface area contributed by atoms with E-state index in [4.69, 9.17) is 11.6 Å². The molecule has 0 saturated carbocycles. The second-order valence-corrected chi connectivity index (χ2v) is 6.85. The minimum absolute atomic E-state index is 0.215. The van der Waals surface area contributed by atoms with Crippen molar-refractivity contribution in [1.82, 2.24) is 14.7 Å². The molecule has 0 aliphatic carbocycles. The Morgan fingerprint density at radius 3 is 2.79 bits per heavy atom. The Hall–Kier alpha value is -1.85. The molecule has 2 atom stereocenters. The average molecular weight is 347 g/mol. The second-order valence-electron chi connectivity index (χ2n) is 6.47. The summed E-state index contributed by atoms with van der Waals surface area (Å²) in [6.07, 6.45) is 3.66. The summed E-state index contributed by atoms with van der Waals surface area (Å²) >= 11 is 6.14. The van der Waals surface area contributed by atoms with E-state index in [0.29, 0.717) is 17.8 Å². The number of nitrogens with one attached hydrogen (secondary N) is 1. The Kier molecular flexibility index (Phi) is 5.21. The van der Waals surface area contributed by atoms with Crippen molar-refractivity contribution < 1.29 is 0 Å². The second kappa shape index (κ2) is 7.36. The van der Waals surface area contributed by atoms with E-state index in [0.717, 1.165) is 25.9 Å². The molecule has 24 heavy (non-hydrogen) atoms. The zero-order valence-electron chi connectivity index (χ0n) is 14.1. The molecule has 6 heteroatoms. The van der Waals surface area contributed by atoms with Gasteiger partial charge in [-0.25, -0.2) is 4.68 Å². The van der Waals surface area contributed by atoms with Crippen molar-refractivity contribution in [2.45, 2.75) is 38.4 Å². The van der Waals surface area contributed by atoms with Crippen LogP contribution >= 0.6 is 11.6 Å². The minimum atomic E-state index is -0.267. The van der Waals surface area contributed by atoms with Crippen molar-refractivity contribution in [3.63, 3.8) is 0 Å². The van der Waals surface area contributed by atoms with Gasteiger partial charge in [0.1, 0.15) is 5.02 Å². The molecule has 1 aliphatic heterocycles. The summed E-state index contributed by atoms with van der Waals surface area (Å²) in [5, 5.41) is 7.65. The number of anilines is 1. The normalized spacial score (nSPS) is 21.6. The summed E-state index contributed by atoms with van der Waals surface area (Å²) in [4.78, 5) is 14.4. The largest absolute Gasteiger partial charge is 0.380 e. The minimum Gasteiger partial charge on any atom is -0.380 e. The van der Waals surface area contributed by atoms with Crippen LogP contribution in [-0.4, -0.2) is 33.3 Å². The number of piperidine rings is 1. The van der Waals surface area contributed by atoms with E-state index in [1.807, 2.05) is 6.07 Å². The van der Waals surface area contributed by atoms with Crippen molar-refractivity contribution >= 4 is 17.3 Å². The van der Waals surface area contributed by atoms with Gasteiger partial charge < -0.3 is 5.32 Å². The molecule has 0 radical (unpaired) electrons. The Balaban J connectivity index is 1.62. The molecule has 0 bridgehead atoms. The van der Waals surface area contributed by atoms with Crippen LogP contribution in [0.2, 0.25) is 5.02 Å². The maximum absolute atomic E-state index is 11.9. The molecule has 2 heterocycles. The molecule has 1 aliphatic rings. The van der Waals surface area contributed by atoms with Gasteiger partial charge in [-0.05, 0) is 25.3 Å². The lowest BCUT2D eigenvalue weighted by molar-refractivity contribution is 0.144. The van der Waals surface area contributed by atoms with Gasteiger partial charge in [0, 0.05) is 32.2 Å². The number of likely N-dealkylation sites (tertiary alicyclic amines) is 1. The summed E-state index contributed by atoms with van der Waals surface area (Å²) < 4.78 is 1.25. The summed E-state index contributed by atoms with van der Waals surface area (Å²) in [5.41, 5.74) is 1.71. The van der Waals surface area contributed by atoms with Gasteiger partial charge in [-0.3, -0.25) is 9.69 Å². The summed E-state index contributed by atoms with van der Waals surface area (Å²) in [7, 11) is 1.60. The SMILES string of the molecule is C[C@@H]1C[C@H](Nc2cnn(C)c(=O)c2Cl)CCN1Cc1ccccc1. The Labute approximate surface area is 147 Å². The Morgan fingerprint density at radius 1 is 1.33 bits per heavy atom. The van der Waals surface area contributed by atoms with Crippen LogP contribution in [0.25, 0.3) is 0 Å². The third-order valence-electron chi connectivity index (χ3n) is 4.68. The van der Waals surface area contributed by atoms with Crippen molar-refractivity contribution in [1.29, 1.82) is 0 Å². The van der Waals surface area contributed by atoms with Crippen molar-refractivity contribution in [3.8, 4) is 0 Å². The van der Waals surface area contributed by atoms with Crippen LogP contribution in [0.5, 0.6) is 0 Å². The third kappa shape index (κ3) is 3.79. The van der Waals surface area contributed by atoms with Gasteiger partial charge >= 0.3 is 0 Å². The Bertz CT molecular complexity index is 746. The van der Waals surface area contributed by atoms with Gasteiger partial charge in [0.2, 0.25) is 0 Å². The predicted octanol–water partition coefficient (Wildman–Crippen LogP) is 2.90. The van der Waals surface area contributed by atoms with Crippen LogP contribution in [0.4, 0.5) is 5.69 Å². The molecular weight excluding hydrogens is 324 g/mol. The summed E-state index contributed by atoms with van der Waals surface area (Å²) in [6, 6.07) is 11.3. The molecule has 2 aromatic rings. The van der Waals surface area contributed by atoms with Gasteiger partial charge in [0.15, 0.2) is 0 Å². The highest BCUT2D eigenvalue weighted by Gasteiger charge is 2.26. The Morgan fingerprint density at radius 2 is 2.08 bits per heavy atom. The molecule has 1 saturated heterocycles. The van der Waals surface area contributed by atoms with E-state index in [9.17, 15) is 4.79 Å². The smallest absolute Gasteiger partial charge is 0.287 e. The van der Waals surface area contributed by atoms with Gasteiger partial charge in [0.25, 0.3) is 5.56 Å². The lowest BCUT2D eigenvalue weighted by Gasteiger charge is -2.38. The zero-order valence-corrected chi connectivity index (χ0v) is 14.8. The number of halogens is 1. The summed E-state index contributed by atoms with van der Waals surface area (Å²) in [6.45, 7) is 4.24. The molecule has 1 fully saturated rings. The van der Waals surface area contributed by atoms with Crippen LogP contribution in [0.1, 0.15) is 25.3 Å². The standard InChI is InChI=1S/C18H23ClN4O/c1-13-10-15(21-16-11-20-22(2)18(24)17(16)19)8-9-23(13)12-14-6-4-3-5-7-14/h3-7,11,13,15,21H,8-10,12H2,1-2H3/t13-,15-/m1/s1. The van der Waals surface area contributed by atoms with E-state index in [1.54, 1.807) is 13.2 Å². The van der Waals surface area contributed by atoms with Crippen LogP contribution in [0.15, 0.2) is 41.3 Å². The van der Waals surface area contributed by atoms with Gasteiger partial charge in [0.05, 0.1) is 11.9 Å². The predicted molar refractivity (Wildman–Crippen MR) is 97.4 cm³/mol. The molecule has 0 unspecified atom stereocenters. The lowest BCUT2D eigenvalue weighted by Crippen LogP contribution is -2.44. The van der Waals surface area contributed by atoms with Crippen molar-refractivity contribution in [2.75, 3.05) is 11.9 Å².